The van der Waals surface area contributed by atoms with E-state index in [0.717, 1.165) is 71.7 Å². The monoisotopic (exact) mass is 391 g/mol. The third-order valence-corrected chi connectivity index (χ3v) is 6.94. The molecule has 3 aliphatic carbocycles. The average molecular weight is 392 g/mol. The van der Waals surface area contributed by atoms with Gasteiger partial charge in [-0.2, -0.15) is 0 Å². The second-order valence-corrected chi connectivity index (χ2v) is 9.04. The van der Waals surface area contributed by atoms with Gasteiger partial charge in [-0.25, -0.2) is 9.97 Å². The van der Waals surface area contributed by atoms with Crippen molar-refractivity contribution in [3.05, 3.63) is 34.6 Å². The van der Waals surface area contributed by atoms with E-state index in [1.807, 2.05) is 0 Å². The Bertz CT molecular complexity index is 903. The highest BCUT2D eigenvalue weighted by Gasteiger charge is 2.42. The number of anilines is 1. The fraction of sp³-hybridized carbons (Fsp3) is 0.600. The second-order valence-electron chi connectivity index (χ2n) is 9.04. The van der Waals surface area contributed by atoms with Gasteiger partial charge in [0.05, 0.1) is 24.2 Å². The van der Waals surface area contributed by atoms with E-state index in [9.17, 15) is 0 Å². The van der Waals surface area contributed by atoms with Gasteiger partial charge in [0.1, 0.15) is 11.6 Å². The number of ether oxygens (including phenoxy) is 1. The van der Waals surface area contributed by atoms with Gasteiger partial charge in [-0.1, -0.05) is 13.8 Å². The fourth-order valence-electron chi connectivity index (χ4n) is 4.97. The molecule has 5 rings (SSSR count). The Morgan fingerprint density at radius 2 is 1.62 bits per heavy atom. The van der Waals surface area contributed by atoms with Crippen LogP contribution in [-0.4, -0.2) is 23.1 Å². The Labute approximate surface area is 174 Å². The Morgan fingerprint density at radius 3 is 2.21 bits per heavy atom. The lowest BCUT2D eigenvalue weighted by Gasteiger charge is -2.22. The van der Waals surface area contributed by atoms with Gasteiger partial charge in [0.25, 0.3) is 0 Å². The van der Waals surface area contributed by atoms with Crippen LogP contribution in [0.1, 0.15) is 68.5 Å². The van der Waals surface area contributed by atoms with Gasteiger partial charge in [0.15, 0.2) is 0 Å². The minimum absolute atomic E-state index is 0.597. The van der Waals surface area contributed by atoms with Crippen LogP contribution in [0.3, 0.4) is 0 Å². The van der Waals surface area contributed by atoms with E-state index in [2.05, 4.69) is 31.3 Å². The molecule has 2 fully saturated rings. The average Bonchev–Trinajstić information content (AvgIpc) is 3.68. The Kier molecular flexibility index (Phi) is 4.97. The van der Waals surface area contributed by atoms with Gasteiger partial charge in [-0.05, 0) is 92.9 Å². The SMILES string of the molecule is CCc1nc(-c2cc3c(cc2OC)CCC3)c(CC)nc1NC(C1CC1)C1CC1. The molecule has 0 spiro atoms. The van der Waals surface area contributed by atoms with Gasteiger partial charge in [-0.15, -0.1) is 0 Å². The third kappa shape index (κ3) is 3.62. The van der Waals surface area contributed by atoms with Crippen molar-refractivity contribution >= 4 is 5.82 Å². The van der Waals surface area contributed by atoms with Crippen LogP contribution in [0.2, 0.25) is 0 Å². The Morgan fingerprint density at radius 1 is 0.966 bits per heavy atom. The number of methoxy groups -OCH3 is 1. The predicted molar refractivity (Wildman–Crippen MR) is 118 cm³/mol. The third-order valence-electron chi connectivity index (χ3n) is 6.94. The summed E-state index contributed by atoms with van der Waals surface area (Å²) in [7, 11) is 1.77. The predicted octanol–water partition coefficient (Wildman–Crippen LogP) is 5.37. The number of nitrogens with one attached hydrogen (secondary N) is 1. The highest BCUT2D eigenvalue weighted by Crippen LogP contribution is 2.46. The quantitative estimate of drug-likeness (QED) is 0.657. The van der Waals surface area contributed by atoms with E-state index < -0.39 is 0 Å². The van der Waals surface area contributed by atoms with Crippen molar-refractivity contribution in [2.45, 2.75) is 77.7 Å². The first kappa shape index (κ1) is 18.9. The molecule has 4 nitrogen and oxygen atoms in total. The number of fused-ring (bicyclic) bond motifs is 1. The summed E-state index contributed by atoms with van der Waals surface area (Å²) in [5.41, 5.74) is 7.17. The van der Waals surface area contributed by atoms with Gasteiger partial charge in [0.2, 0.25) is 0 Å². The van der Waals surface area contributed by atoms with Crippen LogP contribution in [0, 0.1) is 11.8 Å². The molecule has 0 aliphatic heterocycles. The maximum absolute atomic E-state index is 5.79. The first-order valence-electron chi connectivity index (χ1n) is 11.6. The minimum Gasteiger partial charge on any atom is -0.496 e. The molecular formula is C25H33N3O. The van der Waals surface area contributed by atoms with Gasteiger partial charge in [0, 0.05) is 11.6 Å². The van der Waals surface area contributed by atoms with Crippen LogP contribution in [0.4, 0.5) is 5.82 Å². The zero-order chi connectivity index (χ0) is 20.0. The van der Waals surface area contributed by atoms with Crippen LogP contribution in [-0.2, 0) is 25.7 Å². The zero-order valence-corrected chi connectivity index (χ0v) is 18.1. The van der Waals surface area contributed by atoms with Crippen molar-refractivity contribution in [1.29, 1.82) is 0 Å². The molecule has 0 amide bonds. The lowest BCUT2D eigenvalue weighted by molar-refractivity contribution is 0.415. The summed E-state index contributed by atoms with van der Waals surface area (Å²) in [6.45, 7) is 4.37. The molecule has 0 saturated heterocycles. The molecule has 1 aromatic heterocycles. The molecule has 1 aromatic carbocycles. The largest absolute Gasteiger partial charge is 0.496 e. The summed E-state index contributed by atoms with van der Waals surface area (Å²) < 4.78 is 5.79. The number of hydrogen-bond acceptors (Lipinski definition) is 4. The highest BCUT2D eigenvalue weighted by molar-refractivity contribution is 5.72. The summed E-state index contributed by atoms with van der Waals surface area (Å²) in [6, 6.07) is 5.14. The number of rotatable bonds is 8. The number of aryl methyl sites for hydroxylation is 4. The first-order chi connectivity index (χ1) is 14.2. The van der Waals surface area contributed by atoms with Crippen molar-refractivity contribution in [3.8, 4) is 17.0 Å². The van der Waals surface area contributed by atoms with Gasteiger partial charge in [-0.3, -0.25) is 0 Å². The van der Waals surface area contributed by atoms with Gasteiger partial charge < -0.3 is 10.1 Å². The molecule has 3 aliphatic rings. The molecule has 1 N–H and O–H groups in total. The molecule has 2 aromatic rings. The lowest BCUT2D eigenvalue weighted by Crippen LogP contribution is -2.26. The highest BCUT2D eigenvalue weighted by atomic mass is 16.5. The smallest absolute Gasteiger partial charge is 0.148 e. The lowest BCUT2D eigenvalue weighted by atomic mass is 10.0. The molecule has 0 radical (unpaired) electrons. The summed E-state index contributed by atoms with van der Waals surface area (Å²) in [6.07, 6.45) is 10.8. The molecule has 4 heteroatoms. The maximum Gasteiger partial charge on any atom is 0.148 e. The van der Waals surface area contributed by atoms with E-state index >= 15 is 0 Å². The van der Waals surface area contributed by atoms with Crippen molar-refractivity contribution in [2.75, 3.05) is 12.4 Å². The summed E-state index contributed by atoms with van der Waals surface area (Å²) in [4.78, 5) is 10.3. The topological polar surface area (TPSA) is 47.0 Å². The van der Waals surface area contributed by atoms with Crippen LogP contribution in [0.25, 0.3) is 11.3 Å². The normalized spacial score (nSPS) is 18.2. The van der Waals surface area contributed by atoms with Crippen molar-refractivity contribution < 1.29 is 4.74 Å². The summed E-state index contributed by atoms with van der Waals surface area (Å²) >= 11 is 0. The zero-order valence-electron chi connectivity index (χ0n) is 18.1. The van der Waals surface area contributed by atoms with Crippen LogP contribution in [0.15, 0.2) is 12.1 Å². The van der Waals surface area contributed by atoms with Crippen molar-refractivity contribution in [2.24, 2.45) is 11.8 Å². The molecule has 29 heavy (non-hydrogen) atoms. The van der Waals surface area contributed by atoms with E-state index in [0.29, 0.717) is 6.04 Å². The number of hydrogen-bond donors (Lipinski definition) is 1. The second kappa shape index (κ2) is 7.62. The maximum atomic E-state index is 5.79. The van der Waals surface area contributed by atoms with Crippen molar-refractivity contribution in [3.63, 3.8) is 0 Å². The summed E-state index contributed by atoms with van der Waals surface area (Å²) in [5.74, 6) is 3.65. The molecule has 0 unspecified atom stereocenters. The standard InChI is InChI=1S/C25H33N3O/c1-4-20-24(19-13-17-7-6-8-18(17)14-22(19)29-3)26-21(5-2)25(27-20)28-23(15-9-10-15)16-11-12-16/h13-16,23H,4-12H2,1-3H3,(H,27,28). The Balaban J connectivity index is 1.55. The van der Waals surface area contributed by atoms with Crippen LogP contribution < -0.4 is 10.1 Å². The molecule has 0 atom stereocenters. The van der Waals surface area contributed by atoms with Crippen LogP contribution >= 0.6 is 0 Å². The summed E-state index contributed by atoms with van der Waals surface area (Å²) in [5, 5.41) is 3.84. The molecule has 2 saturated carbocycles. The van der Waals surface area contributed by atoms with E-state index in [-0.39, 0.29) is 0 Å². The molecule has 0 bridgehead atoms. The molecule has 1 heterocycles. The number of nitrogens with zero attached hydrogens (tertiary/aromatic N) is 2. The van der Waals surface area contributed by atoms with E-state index in [1.165, 1.54) is 43.2 Å². The Hall–Kier alpha value is -2.10. The fourth-order valence-corrected chi connectivity index (χ4v) is 4.97. The molecule has 154 valence electrons. The van der Waals surface area contributed by atoms with Crippen LogP contribution in [0.5, 0.6) is 5.75 Å². The first-order valence-corrected chi connectivity index (χ1v) is 11.6. The minimum atomic E-state index is 0.597. The van der Waals surface area contributed by atoms with E-state index in [4.69, 9.17) is 14.7 Å². The number of benzene rings is 1. The molecular weight excluding hydrogens is 358 g/mol. The van der Waals surface area contributed by atoms with Gasteiger partial charge >= 0.3 is 0 Å². The van der Waals surface area contributed by atoms with Crippen molar-refractivity contribution in [1.82, 2.24) is 9.97 Å². The van der Waals surface area contributed by atoms with E-state index in [1.54, 1.807) is 7.11 Å². The number of aromatic nitrogens is 2.